The molecule has 1 atom stereocenters. The topological polar surface area (TPSA) is 78.7 Å². The Morgan fingerprint density at radius 2 is 1.86 bits per heavy atom. The van der Waals surface area contributed by atoms with Gasteiger partial charge >= 0.3 is 5.97 Å². The Hall–Kier alpha value is -2.63. The molecule has 0 unspecified atom stereocenters. The Labute approximate surface area is 127 Å². The zero-order valence-corrected chi connectivity index (χ0v) is 12.4. The molecule has 0 saturated carbocycles. The molecule has 0 aromatic heterocycles. The number of hydrogen-bond donors (Lipinski definition) is 0. The van der Waals surface area contributed by atoms with E-state index in [-0.39, 0.29) is 13.2 Å². The maximum Gasteiger partial charge on any atom is 0.313 e. The third-order valence-electron chi connectivity index (χ3n) is 3.40. The van der Waals surface area contributed by atoms with Crippen LogP contribution < -0.4 is 0 Å². The van der Waals surface area contributed by atoms with Crippen molar-refractivity contribution in [3.63, 3.8) is 0 Å². The molecule has 0 amide bonds. The van der Waals surface area contributed by atoms with Gasteiger partial charge in [0.15, 0.2) is 0 Å². The van der Waals surface area contributed by atoms with Crippen LogP contribution in [0.15, 0.2) is 36.4 Å². The Morgan fingerprint density at radius 3 is 2.59 bits per heavy atom. The van der Waals surface area contributed by atoms with E-state index in [0.717, 1.165) is 16.3 Å². The summed E-state index contributed by atoms with van der Waals surface area (Å²) in [6.45, 7) is 3.37. The number of benzene rings is 2. The quantitative estimate of drug-likeness (QED) is 0.355. The van der Waals surface area contributed by atoms with E-state index >= 15 is 0 Å². The average Bonchev–Trinajstić information content (AvgIpc) is 2.49. The van der Waals surface area contributed by atoms with Crippen molar-refractivity contribution in [2.45, 2.75) is 19.8 Å². The number of carbonyl (C=O) groups is 1. The largest absolute Gasteiger partial charge is 0.463 e. The normalized spacial score (nSPS) is 11.9. The summed E-state index contributed by atoms with van der Waals surface area (Å²) in [6.07, 6.45) is 0. The molecule has 0 aliphatic heterocycles. The van der Waals surface area contributed by atoms with Gasteiger partial charge in [0.05, 0.1) is 5.92 Å². The molecule has 22 heavy (non-hydrogen) atoms. The molecule has 0 heterocycles. The second-order valence-electron chi connectivity index (χ2n) is 5.06. The molecule has 2 aromatic rings. The smallest absolute Gasteiger partial charge is 0.313 e. The predicted molar refractivity (Wildman–Crippen MR) is 81.0 cm³/mol. The van der Waals surface area contributed by atoms with Crippen LogP contribution >= 0.6 is 0 Å². The van der Waals surface area contributed by atoms with Gasteiger partial charge in [0, 0.05) is 0 Å². The number of fused-ring (bicyclic) bond motifs is 1. The first kappa shape index (κ1) is 15.8. The second kappa shape index (κ2) is 6.89. The number of ether oxygens (including phenoxy) is 1. The van der Waals surface area contributed by atoms with Crippen LogP contribution in [-0.4, -0.2) is 24.3 Å². The summed E-state index contributed by atoms with van der Waals surface area (Å²) in [5.41, 5.74) is 2.02. The maximum absolute atomic E-state index is 11.9. The van der Waals surface area contributed by atoms with Crippen molar-refractivity contribution in [1.82, 2.24) is 0 Å². The minimum atomic E-state index is -0.914. The molecule has 6 nitrogen and oxygen atoms in total. The maximum atomic E-state index is 11.9. The fraction of sp³-hybridized carbons (Fsp3) is 0.312. The highest BCUT2D eigenvalue weighted by Crippen LogP contribution is 2.23. The molecule has 0 radical (unpaired) electrons. The van der Waals surface area contributed by atoms with Gasteiger partial charge < -0.3 is 9.57 Å². The van der Waals surface area contributed by atoms with E-state index in [2.05, 4.69) is 10.9 Å². The van der Waals surface area contributed by atoms with E-state index in [4.69, 9.17) is 4.74 Å². The van der Waals surface area contributed by atoms with Crippen LogP contribution in [0.1, 0.15) is 24.0 Å². The Morgan fingerprint density at radius 1 is 1.18 bits per heavy atom. The molecule has 116 valence electrons. The summed E-state index contributed by atoms with van der Waals surface area (Å²) >= 11 is 0. The molecular weight excluding hydrogens is 286 g/mol. The summed E-state index contributed by atoms with van der Waals surface area (Å²) in [4.78, 5) is 26.0. The lowest BCUT2D eigenvalue weighted by Gasteiger charge is -2.12. The van der Waals surface area contributed by atoms with Gasteiger partial charge in [-0.15, -0.1) is 10.1 Å². The number of hydrogen-bond acceptors (Lipinski definition) is 5. The van der Waals surface area contributed by atoms with Crippen LogP contribution in [0, 0.1) is 17.0 Å². The molecule has 0 spiro atoms. The Bertz CT molecular complexity index is 698. The van der Waals surface area contributed by atoms with Crippen molar-refractivity contribution in [2.75, 3.05) is 13.2 Å². The summed E-state index contributed by atoms with van der Waals surface area (Å²) in [5, 5.41) is 11.2. The second-order valence-corrected chi connectivity index (χ2v) is 5.06. The van der Waals surface area contributed by atoms with Crippen molar-refractivity contribution in [3.8, 4) is 0 Å². The lowest BCUT2D eigenvalue weighted by atomic mass is 9.97. The number of aryl methyl sites for hydroxylation is 1. The summed E-state index contributed by atoms with van der Waals surface area (Å²) in [6, 6.07) is 11.9. The molecule has 0 fully saturated rings. The minimum absolute atomic E-state index is 0.142. The van der Waals surface area contributed by atoms with Gasteiger partial charge in [0.2, 0.25) is 0 Å². The van der Waals surface area contributed by atoms with Crippen molar-refractivity contribution < 1.29 is 19.5 Å². The first-order valence-corrected chi connectivity index (χ1v) is 6.91. The molecule has 2 rings (SSSR count). The molecular formula is C16H17NO5. The number of esters is 1. The van der Waals surface area contributed by atoms with Crippen molar-refractivity contribution in [2.24, 2.45) is 0 Å². The molecule has 2 aromatic carbocycles. The van der Waals surface area contributed by atoms with Crippen LogP contribution in [0.25, 0.3) is 10.8 Å². The van der Waals surface area contributed by atoms with Gasteiger partial charge in [0.25, 0.3) is 5.09 Å². The lowest BCUT2D eigenvalue weighted by Crippen LogP contribution is -2.17. The van der Waals surface area contributed by atoms with Crippen LogP contribution in [0.2, 0.25) is 0 Å². The third kappa shape index (κ3) is 3.94. The average molecular weight is 303 g/mol. The molecule has 0 aliphatic carbocycles. The van der Waals surface area contributed by atoms with E-state index in [1.807, 2.05) is 37.3 Å². The molecule has 6 heteroatoms. The monoisotopic (exact) mass is 303 g/mol. The van der Waals surface area contributed by atoms with Crippen LogP contribution in [0.4, 0.5) is 0 Å². The minimum Gasteiger partial charge on any atom is -0.463 e. The lowest BCUT2D eigenvalue weighted by molar-refractivity contribution is -0.757. The fourth-order valence-corrected chi connectivity index (χ4v) is 2.17. The molecule has 0 aliphatic rings. The van der Waals surface area contributed by atoms with E-state index in [1.165, 1.54) is 5.56 Å². The van der Waals surface area contributed by atoms with Crippen LogP contribution in [0.3, 0.4) is 0 Å². The van der Waals surface area contributed by atoms with Crippen LogP contribution in [-0.2, 0) is 14.4 Å². The zero-order valence-electron chi connectivity index (χ0n) is 12.4. The highest BCUT2D eigenvalue weighted by atomic mass is 17.0. The number of carbonyl (C=O) groups excluding carboxylic acids is 1. The van der Waals surface area contributed by atoms with Crippen molar-refractivity contribution >= 4 is 16.7 Å². The van der Waals surface area contributed by atoms with E-state index < -0.39 is 17.0 Å². The molecule has 0 N–H and O–H groups in total. The SMILES string of the molecule is Cc1ccc2cc([C@H](C)C(=O)OCCO[N+](=O)[O-])ccc2c1. The van der Waals surface area contributed by atoms with E-state index in [0.29, 0.717) is 0 Å². The standard InChI is InChI=1S/C16H17NO5/c1-11-3-4-15-10-13(5-6-14(15)9-11)12(2)16(18)21-7-8-22-17(19)20/h3-6,9-10,12H,7-8H2,1-2H3/t12-/m0/s1. The first-order valence-electron chi connectivity index (χ1n) is 6.91. The summed E-state index contributed by atoms with van der Waals surface area (Å²) in [7, 11) is 0. The van der Waals surface area contributed by atoms with Gasteiger partial charge in [0.1, 0.15) is 13.2 Å². The highest BCUT2D eigenvalue weighted by molar-refractivity contribution is 5.86. The van der Waals surface area contributed by atoms with Gasteiger partial charge in [-0.3, -0.25) is 4.79 Å². The fourth-order valence-electron chi connectivity index (χ4n) is 2.17. The van der Waals surface area contributed by atoms with Crippen molar-refractivity contribution in [1.29, 1.82) is 0 Å². The molecule has 0 saturated heterocycles. The Balaban J connectivity index is 2.02. The van der Waals surface area contributed by atoms with E-state index in [1.54, 1.807) is 6.92 Å². The van der Waals surface area contributed by atoms with Gasteiger partial charge in [-0.05, 0) is 30.2 Å². The van der Waals surface area contributed by atoms with Gasteiger partial charge in [-0.25, -0.2) is 0 Å². The summed E-state index contributed by atoms with van der Waals surface area (Å²) < 4.78 is 4.97. The van der Waals surface area contributed by atoms with E-state index in [9.17, 15) is 14.9 Å². The van der Waals surface area contributed by atoms with Crippen LogP contribution in [0.5, 0.6) is 0 Å². The highest BCUT2D eigenvalue weighted by Gasteiger charge is 2.17. The predicted octanol–water partition coefficient (Wildman–Crippen LogP) is 3.00. The van der Waals surface area contributed by atoms with Gasteiger partial charge in [-0.2, -0.15) is 0 Å². The summed E-state index contributed by atoms with van der Waals surface area (Å²) in [5.74, 6) is -0.875. The van der Waals surface area contributed by atoms with Gasteiger partial charge in [-0.1, -0.05) is 42.0 Å². The number of rotatable bonds is 6. The van der Waals surface area contributed by atoms with Crippen molar-refractivity contribution in [3.05, 3.63) is 57.6 Å². The number of nitrogens with zero attached hydrogens (tertiary/aromatic N) is 1. The zero-order chi connectivity index (χ0) is 16.1. The molecule has 0 bridgehead atoms. The Kier molecular flexibility index (Phi) is 4.93. The third-order valence-corrected chi connectivity index (χ3v) is 3.40. The first-order chi connectivity index (χ1) is 10.5.